The van der Waals surface area contributed by atoms with Crippen molar-refractivity contribution in [3.8, 4) is 0 Å². The molecular weight excluding hydrogens is 337 g/mol. The largest absolute Gasteiger partial charge is 0.466 e. The van der Waals surface area contributed by atoms with Crippen molar-refractivity contribution in [2.45, 2.75) is 12.5 Å². The second kappa shape index (κ2) is 7.09. The van der Waals surface area contributed by atoms with Crippen molar-refractivity contribution in [2.24, 2.45) is 0 Å². The van der Waals surface area contributed by atoms with Crippen molar-refractivity contribution in [3.63, 3.8) is 0 Å². The van der Waals surface area contributed by atoms with E-state index in [2.05, 4.69) is 10.6 Å². The maximum Gasteiger partial charge on any atom is 0.313 e. The molecule has 0 aliphatic rings. The summed E-state index contributed by atoms with van der Waals surface area (Å²) in [6.07, 6.45) is 1.35. The third kappa shape index (κ3) is 4.38. The number of hydrogen-bond donors (Lipinski definition) is 3. The number of nitro groups is 1. The molecule has 0 fully saturated rings. The molecule has 0 bridgehead atoms. The van der Waals surface area contributed by atoms with E-state index in [-0.39, 0.29) is 18.0 Å². The molecule has 1 heterocycles. The molecule has 2 rings (SSSR count). The molecule has 1 unspecified atom stereocenters. The quantitative estimate of drug-likeness (QED) is 0.422. The minimum Gasteiger partial charge on any atom is -0.466 e. The van der Waals surface area contributed by atoms with Gasteiger partial charge in [-0.25, -0.2) is 0 Å². The van der Waals surface area contributed by atoms with Crippen molar-refractivity contribution in [1.29, 1.82) is 0 Å². The predicted molar refractivity (Wildman–Crippen MR) is 83.0 cm³/mol. The van der Waals surface area contributed by atoms with E-state index in [1.165, 1.54) is 19.3 Å². The molecule has 0 saturated heterocycles. The minimum atomic E-state index is -1.53. The number of anilines is 1. The normalized spacial score (nSPS) is 12.9. The Labute approximate surface area is 140 Å². The van der Waals surface area contributed by atoms with Gasteiger partial charge in [0.05, 0.1) is 17.7 Å². The van der Waals surface area contributed by atoms with Gasteiger partial charge in [-0.1, -0.05) is 0 Å². The van der Waals surface area contributed by atoms with Crippen LogP contribution in [-0.2, 0) is 15.2 Å². The topological polar surface area (TPSA) is 135 Å². The summed E-state index contributed by atoms with van der Waals surface area (Å²) in [5, 5.41) is 25.1. The van der Waals surface area contributed by atoms with Crippen molar-refractivity contribution < 1.29 is 28.4 Å². The summed E-state index contributed by atoms with van der Waals surface area (Å²) >= 11 is 0. The number of nitrogens with zero attached hydrogens (tertiary/aromatic N) is 1. The third-order valence-corrected chi connectivity index (χ3v) is 3.25. The van der Waals surface area contributed by atoms with Gasteiger partial charge in [-0.05, 0) is 31.2 Å². The Balaban J connectivity index is 1.98. The smallest absolute Gasteiger partial charge is 0.313 e. The fourth-order valence-corrected chi connectivity index (χ4v) is 1.92. The van der Waals surface area contributed by atoms with Gasteiger partial charge in [0.25, 0.3) is 0 Å². The number of nitro benzene ring substituents is 1. The van der Waals surface area contributed by atoms with Gasteiger partial charge < -0.3 is 20.2 Å². The Kier molecular flexibility index (Phi) is 5.13. The standard InChI is InChI=1S/C15H14FN3O6/c1-15(22,12-3-2-6-25-12)8-17-13(20)14(21)18-9-4-5-10(16)11(7-9)19(23)24/h2-7,22H,8H2,1H3,(H,17,20)(H,18,21). The summed E-state index contributed by atoms with van der Waals surface area (Å²) in [5.74, 6) is -3.08. The van der Waals surface area contributed by atoms with Gasteiger partial charge in [0, 0.05) is 11.8 Å². The lowest BCUT2D eigenvalue weighted by Crippen LogP contribution is -2.43. The molecule has 0 aliphatic carbocycles. The number of carbonyl (C=O) groups is 2. The Morgan fingerprint density at radius 3 is 2.68 bits per heavy atom. The maximum atomic E-state index is 13.2. The van der Waals surface area contributed by atoms with Crippen LogP contribution in [0.15, 0.2) is 41.0 Å². The van der Waals surface area contributed by atoms with E-state index in [4.69, 9.17) is 4.42 Å². The number of aliphatic hydroxyl groups is 1. The van der Waals surface area contributed by atoms with Gasteiger partial charge in [0.15, 0.2) is 0 Å². The first kappa shape index (κ1) is 18.1. The van der Waals surface area contributed by atoms with E-state index in [0.717, 1.165) is 18.2 Å². The molecule has 1 atom stereocenters. The first-order valence-electron chi connectivity index (χ1n) is 7.00. The van der Waals surface area contributed by atoms with Crippen molar-refractivity contribution in [2.75, 3.05) is 11.9 Å². The van der Waals surface area contributed by atoms with Crippen LogP contribution in [0.4, 0.5) is 15.8 Å². The van der Waals surface area contributed by atoms with Gasteiger partial charge in [0.1, 0.15) is 11.4 Å². The van der Waals surface area contributed by atoms with E-state index in [1.807, 2.05) is 0 Å². The van der Waals surface area contributed by atoms with Crippen LogP contribution in [0.2, 0.25) is 0 Å². The molecule has 0 spiro atoms. The Bertz CT molecular complexity index is 804. The summed E-state index contributed by atoms with van der Waals surface area (Å²) in [7, 11) is 0. The number of nitrogens with one attached hydrogen (secondary N) is 2. The molecule has 2 amide bonds. The molecule has 0 saturated carbocycles. The first-order valence-corrected chi connectivity index (χ1v) is 7.00. The number of carbonyl (C=O) groups excluding carboxylic acids is 2. The summed E-state index contributed by atoms with van der Waals surface area (Å²) < 4.78 is 18.3. The van der Waals surface area contributed by atoms with Gasteiger partial charge >= 0.3 is 17.5 Å². The lowest BCUT2D eigenvalue weighted by molar-refractivity contribution is -0.387. The fourth-order valence-electron chi connectivity index (χ4n) is 1.92. The molecular formula is C15H14FN3O6. The van der Waals surface area contributed by atoms with Gasteiger partial charge in [-0.2, -0.15) is 4.39 Å². The SMILES string of the molecule is CC(O)(CNC(=O)C(=O)Nc1ccc(F)c([N+](=O)[O-])c1)c1ccco1. The highest BCUT2D eigenvalue weighted by molar-refractivity contribution is 6.39. The molecule has 1 aromatic heterocycles. The van der Waals surface area contributed by atoms with Crippen molar-refractivity contribution in [1.82, 2.24) is 5.32 Å². The van der Waals surface area contributed by atoms with Gasteiger partial charge in [-0.15, -0.1) is 0 Å². The number of rotatable bonds is 5. The van der Waals surface area contributed by atoms with Crippen LogP contribution in [0.25, 0.3) is 0 Å². The fraction of sp³-hybridized carbons (Fsp3) is 0.200. The van der Waals surface area contributed by atoms with E-state index in [1.54, 1.807) is 6.07 Å². The average Bonchev–Trinajstić information content (AvgIpc) is 3.09. The van der Waals surface area contributed by atoms with Crippen LogP contribution in [0.3, 0.4) is 0 Å². The molecule has 0 radical (unpaired) electrons. The zero-order chi connectivity index (χ0) is 18.6. The number of furan rings is 1. The minimum absolute atomic E-state index is 0.119. The van der Waals surface area contributed by atoms with E-state index >= 15 is 0 Å². The average molecular weight is 351 g/mol. The molecule has 10 heteroatoms. The second-order valence-corrected chi connectivity index (χ2v) is 5.31. The zero-order valence-electron chi connectivity index (χ0n) is 13.0. The number of amides is 2. The highest BCUT2D eigenvalue weighted by Gasteiger charge is 2.28. The summed E-state index contributed by atoms with van der Waals surface area (Å²) in [6.45, 7) is 1.07. The highest BCUT2D eigenvalue weighted by Crippen LogP contribution is 2.22. The molecule has 3 N–H and O–H groups in total. The molecule has 25 heavy (non-hydrogen) atoms. The summed E-state index contributed by atoms with van der Waals surface area (Å²) in [6, 6.07) is 5.73. The van der Waals surface area contributed by atoms with Crippen LogP contribution in [0, 0.1) is 15.9 Å². The maximum absolute atomic E-state index is 13.2. The Morgan fingerprint density at radius 1 is 1.36 bits per heavy atom. The second-order valence-electron chi connectivity index (χ2n) is 5.31. The van der Waals surface area contributed by atoms with Crippen LogP contribution in [0.5, 0.6) is 0 Å². The van der Waals surface area contributed by atoms with Crippen LogP contribution in [0.1, 0.15) is 12.7 Å². The van der Waals surface area contributed by atoms with E-state index in [9.17, 15) is 29.2 Å². The lowest BCUT2D eigenvalue weighted by Gasteiger charge is -2.20. The monoisotopic (exact) mass is 351 g/mol. The van der Waals surface area contributed by atoms with Crippen LogP contribution in [-0.4, -0.2) is 28.4 Å². The summed E-state index contributed by atoms with van der Waals surface area (Å²) in [4.78, 5) is 33.3. The summed E-state index contributed by atoms with van der Waals surface area (Å²) in [5.41, 5.74) is -2.49. The van der Waals surface area contributed by atoms with Crippen LogP contribution >= 0.6 is 0 Å². The third-order valence-electron chi connectivity index (χ3n) is 3.25. The lowest BCUT2D eigenvalue weighted by atomic mass is 10.0. The predicted octanol–water partition coefficient (Wildman–Crippen LogP) is 1.29. The number of halogens is 1. The first-order chi connectivity index (χ1) is 11.7. The number of benzene rings is 1. The van der Waals surface area contributed by atoms with Gasteiger partial charge in [-0.3, -0.25) is 19.7 Å². The molecule has 132 valence electrons. The molecule has 1 aromatic carbocycles. The Hall–Kier alpha value is -3.27. The molecule has 9 nitrogen and oxygen atoms in total. The highest BCUT2D eigenvalue weighted by atomic mass is 19.1. The zero-order valence-corrected chi connectivity index (χ0v) is 13.0. The van der Waals surface area contributed by atoms with Crippen molar-refractivity contribution >= 4 is 23.2 Å². The van der Waals surface area contributed by atoms with E-state index < -0.39 is 33.8 Å². The van der Waals surface area contributed by atoms with Crippen LogP contribution < -0.4 is 10.6 Å². The number of hydrogen-bond acceptors (Lipinski definition) is 6. The van der Waals surface area contributed by atoms with Gasteiger partial charge in [0.2, 0.25) is 5.82 Å². The Morgan fingerprint density at radius 2 is 2.08 bits per heavy atom. The van der Waals surface area contributed by atoms with E-state index in [0.29, 0.717) is 0 Å². The molecule has 2 aromatic rings. The molecule has 0 aliphatic heterocycles. The van der Waals surface area contributed by atoms with Crippen molar-refractivity contribution in [3.05, 3.63) is 58.3 Å².